The van der Waals surface area contributed by atoms with Gasteiger partial charge in [-0.2, -0.15) is 5.10 Å². The number of carbonyl (C=O) groups excluding carboxylic acids is 1. The highest BCUT2D eigenvalue weighted by Gasteiger charge is 2.14. The lowest BCUT2D eigenvalue weighted by Gasteiger charge is -2.11. The van der Waals surface area contributed by atoms with Crippen molar-refractivity contribution in [2.24, 2.45) is 0 Å². The van der Waals surface area contributed by atoms with Crippen LogP contribution in [0, 0.1) is 0 Å². The molecule has 0 aliphatic carbocycles. The van der Waals surface area contributed by atoms with Crippen molar-refractivity contribution in [1.82, 2.24) is 20.0 Å². The van der Waals surface area contributed by atoms with Crippen molar-refractivity contribution in [3.63, 3.8) is 0 Å². The van der Waals surface area contributed by atoms with Gasteiger partial charge < -0.3 is 14.6 Å². The van der Waals surface area contributed by atoms with Gasteiger partial charge in [0.25, 0.3) is 0 Å². The first-order valence-corrected chi connectivity index (χ1v) is 7.35. The van der Waals surface area contributed by atoms with E-state index in [1.54, 1.807) is 16.8 Å². The number of nitrogens with zero attached hydrogens (tertiary/aromatic N) is 3. The zero-order valence-electron chi connectivity index (χ0n) is 13.1. The Labute approximate surface area is 132 Å². The fourth-order valence-corrected chi connectivity index (χ4v) is 2.46. The van der Waals surface area contributed by atoms with Gasteiger partial charge in [-0.15, -0.1) is 0 Å². The average Bonchev–Trinajstić information content (AvgIpc) is 2.92. The molecule has 120 valence electrons. The van der Waals surface area contributed by atoms with Crippen molar-refractivity contribution in [2.75, 3.05) is 27.2 Å². The van der Waals surface area contributed by atoms with Crippen LogP contribution in [-0.2, 0) is 11.3 Å². The van der Waals surface area contributed by atoms with Crippen LogP contribution in [0.2, 0.25) is 0 Å². The van der Waals surface area contributed by atoms with E-state index in [-0.39, 0.29) is 12.5 Å². The minimum Gasteiger partial charge on any atom is -0.422 e. The number of likely N-dealkylation sites (N-methyl/N-ethyl adjacent to an activating group) is 1. The van der Waals surface area contributed by atoms with Crippen LogP contribution in [-0.4, -0.2) is 47.8 Å². The van der Waals surface area contributed by atoms with Crippen molar-refractivity contribution in [3.05, 3.63) is 40.9 Å². The number of para-hydroxylation sites is 1. The third-order valence-electron chi connectivity index (χ3n) is 3.58. The van der Waals surface area contributed by atoms with Gasteiger partial charge in [0.05, 0.1) is 11.7 Å². The number of carbonyl (C=O) groups is 1. The molecule has 2 heterocycles. The van der Waals surface area contributed by atoms with Gasteiger partial charge in [-0.05, 0) is 26.2 Å². The fraction of sp³-hybridized carbons (Fsp3) is 0.312. The molecule has 0 unspecified atom stereocenters. The van der Waals surface area contributed by atoms with Crippen molar-refractivity contribution < 1.29 is 9.21 Å². The molecule has 7 nitrogen and oxygen atoms in total. The van der Waals surface area contributed by atoms with E-state index in [1.807, 2.05) is 31.1 Å². The van der Waals surface area contributed by atoms with Crippen molar-refractivity contribution in [2.45, 2.75) is 6.54 Å². The number of nitrogens with one attached hydrogen (secondary N) is 1. The zero-order chi connectivity index (χ0) is 16.4. The second-order valence-corrected chi connectivity index (χ2v) is 5.60. The van der Waals surface area contributed by atoms with Crippen LogP contribution in [0.4, 0.5) is 0 Å². The smallest absolute Gasteiger partial charge is 0.347 e. The first-order chi connectivity index (χ1) is 11.1. The summed E-state index contributed by atoms with van der Waals surface area (Å²) in [6.45, 7) is 1.39. The van der Waals surface area contributed by atoms with E-state index in [1.165, 1.54) is 6.20 Å². The third kappa shape index (κ3) is 3.09. The van der Waals surface area contributed by atoms with E-state index in [2.05, 4.69) is 10.4 Å². The SMILES string of the molecule is CN(C)CCNC(=O)Cn1ncc2c(=O)oc3ccccc3c21. The van der Waals surface area contributed by atoms with Gasteiger partial charge in [-0.25, -0.2) is 4.79 Å². The summed E-state index contributed by atoms with van der Waals surface area (Å²) in [5.41, 5.74) is 0.664. The molecule has 23 heavy (non-hydrogen) atoms. The van der Waals surface area contributed by atoms with Gasteiger partial charge in [-0.3, -0.25) is 9.48 Å². The summed E-state index contributed by atoms with van der Waals surface area (Å²) < 4.78 is 6.81. The highest BCUT2D eigenvalue weighted by atomic mass is 16.4. The summed E-state index contributed by atoms with van der Waals surface area (Å²) in [5.74, 6) is -0.144. The molecule has 0 fully saturated rings. The lowest BCUT2D eigenvalue weighted by molar-refractivity contribution is -0.121. The molecule has 3 aromatic rings. The Morgan fingerprint density at radius 1 is 1.30 bits per heavy atom. The van der Waals surface area contributed by atoms with Gasteiger partial charge >= 0.3 is 5.63 Å². The van der Waals surface area contributed by atoms with Gasteiger partial charge in [-0.1, -0.05) is 12.1 Å². The zero-order valence-corrected chi connectivity index (χ0v) is 13.1. The highest BCUT2D eigenvalue weighted by Crippen LogP contribution is 2.22. The molecule has 0 saturated carbocycles. The normalized spacial score (nSPS) is 11.4. The van der Waals surface area contributed by atoms with Crippen LogP contribution >= 0.6 is 0 Å². The molecular weight excluding hydrogens is 296 g/mol. The largest absolute Gasteiger partial charge is 0.422 e. The first-order valence-electron chi connectivity index (χ1n) is 7.35. The quantitative estimate of drug-likeness (QED) is 0.705. The molecule has 0 atom stereocenters. The maximum absolute atomic E-state index is 12.1. The molecule has 0 aliphatic rings. The van der Waals surface area contributed by atoms with Crippen molar-refractivity contribution in [1.29, 1.82) is 0 Å². The topological polar surface area (TPSA) is 80.4 Å². The lowest BCUT2D eigenvalue weighted by Crippen LogP contribution is -2.33. The molecule has 0 bridgehead atoms. The Hall–Kier alpha value is -2.67. The Kier molecular flexibility index (Phi) is 4.12. The van der Waals surface area contributed by atoms with Gasteiger partial charge in [0.2, 0.25) is 5.91 Å². The van der Waals surface area contributed by atoms with Crippen LogP contribution in [0.3, 0.4) is 0 Å². The number of benzene rings is 1. The maximum Gasteiger partial charge on any atom is 0.347 e. The summed E-state index contributed by atoms with van der Waals surface area (Å²) in [4.78, 5) is 26.1. The summed E-state index contributed by atoms with van der Waals surface area (Å²) in [6, 6.07) is 7.23. The summed E-state index contributed by atoms with van der Waals surface area (Å²) in [5, 5.41) is 8.16. The molecule has 2 aromatic heterocycles. The van der Waals surface area contributed by atoms with E-state index in [0.717, 1.165) is 11.9 Å². The molecule has 0 spiro atoms. The Balaban J connectivity index is 1.93. The van der Waals surface area contributed by atoms with Crippen LogP contribution in [0.15, 0.2) is 39.7 Å². The van der Waals surface area contributed by atoms with Crippen molar-refractivity contribution >= 4 is 27.8 Å². The molecule has 1 amide bonds. The number of aromatic nitrogens is 2. The number of rotatable bonds is 5. The number of hydrogen-bond acceptors (Lipinski definition) is 5. The van der Waals surface area contributed by atoms with E-state index in [4.69, 9.17) is 4.42 Å². The molecule has 0 saturated heterocycles. The molecular formula is C16H18N4O3. The highest BCUT2D eigenvalue weighted by molar-refractivity contribution is 6.02. The maximum atomic E-state index is 12.1. The molecule has 1 aromatic carbocycles. The van der Waals surface area contributed by atoms with Crippen LogP contribution in [0.25, 0.3) is 21.9 Å². The minimum absolute atomic E-state index is 0.0599. The van der Waals surface area contributed by atoms with Gasteiger partial charge in [0.1, 0.15) is 17.5 Å². The Morgan fingerprint density at radius 2 is 2.09 bits per heavy atom. The average molecular weight is 314 g/mol. The van der Waals surface area contributed by atoms with Crippen LogP contribution in [0.5, 0.6) is 0 Å². The predicted octanol–water partition coefficient (Wildman–Crippen LogP) is 0.821. The van der Waals surface area contributed by atoms with E-state index in [0.29, 0.717) is 23.0 Å². The molecule has 0 radical (unpaired) electrons. The second-order valence-electron chi connectivity index (χ2n) is 5.60. The Morgan fingerprint density at radius 3 is 2.87 bits per heavy atom. The summed E-state index contributed by atoms with van der Waals surface area (Å²) in [7, 11) is 3.89. The number of hydrogen-bond donors (Lipinski definition) is 1. The first kappa shape index (κ1) is 15.2. The van der Waals surface area contributed by atoms with E-state index >= 15 is 0 Å². The fourth-order valence-electron chi connectivity index (χ4n) is 2.46. The molecule has 7 heteroatoms. The summed E-state index contributed by atoms with van der Waals surface area (Å²) in [6.07, 6.45) is 1.45. The Bertz CT molecular complexity index is 910. The number of fused-ring (bicyclic) bond motifs is 3. The predicted molar refractivity (Wildman–Crippen MR) is 87.3 cm³/mol. The minimum atomic E-state index is -0.446. The monoisotopic (exact) mass is 314 g/mol. The lowest BCUT2D eigenvalue weighted by atomic mass is 10.2. The van der Waals surface area contributed by atoms with Crippen LogP contribution < -0.4 is 10.9 Å². The van der Waals surface area contributed by atoms with E-state index in [9.17, 15) is 9.59 Å². The molecule has 1 N–H and O–H groups in total. The van der Waals surface area contributed by atoms with Crippen LogP contribution in [0.1, 0.15) is 0 Å². The standard InChI is InChI=1S/C16H18N4O3/c1-19(2)8-7-17-14(21)10-20-15-11-5-3-4-6-13(11)23-16(22)12(15)9-18-20/h3-6,9H,7-8,10H2,1-2H3,(H,17,21). The third-order valence-corrected chi connectivity index (χ3v) is 3.58. The molecule has 0 aliphatic heterocycles. The summed E-state index contributed by atoms with van der Waals surface area (Å²) >= 11 is 0. The second kappa shape index (κ2) is 6.21. The van der Waals surface area contributed by atoms with Crippen molar-refractivity contribution in [3.8, 4) is 0 Å². The van der Waals surface area contributed by atoms with Gasteiger partial charge in [0.15, 0.2) is 0 Å². The number of amides is 1. The molecule has 3 rings (SSSR count). The van der Waals surface area contributed by atoms with E-state index < -0.39 is 5.63 Å². The van der Waals surface area contributed by atoms with Gasteiger partial charge in [0, 0.05) is 18.5 Å².